The van der Waals surface area contributed by atoms with Gasteiger partial charge >= 0.3 is 0 Å². The van der Waals surface area contributed by atoms with Crippen molar-refractivity contribution in [2.75, 3.05) is 30.8 Å². The van der Waals surface area contributed by atoms with Gasteiger partial charge in [0.25, 0.3) is 0 Å². The van der Waals surface area contributed by atoms with Gasteiger partial charge < -0.3 is 15.0 Å². The summed E-state index contributed by atoms with van der Waals surface area (Å²) in [6.45, 7) is 7.90. The fourth-order valence-corrected chi connectivity index (χ4v) is 4.87. The number of nitrogens with one attached hydrogen (secondary N) is 1. The van der Waals surface area contributed by atoms with Crippen molar-refractivity contribution >= 4 is 39.1 Å². The number of nitrogens with zero attached hydrogens (tertiary/aromatic N) is 2. The number of hydrogen-bond acceptors (Lipinski definition) is 5. The second kappa shape index (κ2) is 13.0. The molecule has 0 fully saturated rings. The monoisotopic (exact) mass is 537 g/mol. The minimum absolute atomic E-state index is 0.162. The number of sulfonamides is 1. The van der Waals surface area contributed by atoms with Crippen LogP contribution in [0.1, 0.15) is 38.3 Å². The summed E-state index contributed by atoms with van der Waals surface area (Å²) >= 11 is 6.22. The normalized spacial score (nSPS) is 12.2. The van der Waals surface area contributed by atoms with Gasteiger partial charge in [-0.05, 0) is 43.0 Å². The van der Waals surface area contributed by atoms with Crippen molar-refractivity contribution in [1.29, 1.82) is 0 Å². The van der Waals surface area contributed by atoms with Crippen molar-refractivity contribution in [3.8, 4) is 5.75 Å². The molecule has 0 aliphatic carbocycles. The first-order valence-corrected chi connectivity index (χ1v) is 14.0. The first-order chi connectivity index (χ1) is 16.9. The second-order valence-corrected chi connectivity index (χ2v) is 11.5. The van der Waals surface area contributed by atoms with E-state index in [1.165, 1.54) is 24.1 Å². The van der Waals surface area contributed by atoms with Gasteiger partial charge in [0.05, 0.1) is 24.1 Å². The molecular weight excluding hydrogens is 502 g/mol. The molecule has 8 nitrogen and oxygen atoms in total. The molecule has 2 aromatic rings. The molecular formula is C26H36ClN3O5S. The molecule has 0 radical (unpaired) electrons. The number of rotatable bonds is 12. The summed E-state index contributed by atoms with van der Waals surface area (Å²) in [5, 5.41) is 3.12. The molecule has 2 rings (SSSR count). The number of carbonyl (C=O) groups is 2. The van der Waals surface area contributed by atoms with Crippen LogP contribution < -0.4 is 14.4 Å². The Bertz CT molecular complexity index is 1170. The topological polar surface area (TPSA) is 96.0 Å². The van der Waals surface area contributed by atoms with E-state index >= 15 is 0 Å². The van der Waals surface area contributed by atoms with E-state index in [1.807, 2.05) is 52.0 Å². The third-order valence-corrected chi connectivity index (χ3v) is 7.04. The lowest BCUT2D eigenvalue weighted by molar-refractivity contribution is -0.140. The lowest BCUT2D eigenvalue weighted by Gasteiger charge is -2.33. The Kier molecular flexibility index (Phi) is 10.6. The van der Waals surface area contributed by atoms with Crippen molar-refractivity contribution in [2.45, 2.75) is 46.7 Å². The van der Waals surface area contributed by atoms with E-state index in [2.05, 4.69) is 5.32 Å². The molecule has 1 N–H and O–H groups in total. The average molecular weight is 538 g/mol. The number of halogens is 1. The maximum absolute atomic E-state index is 13.7. The van der Waals surface area contributed by atoms with Crippen LogP contribution in [0.3, 0.4) is 0 Å². The molecule has 0 aliphatic heterocycles. The van der Waals surface area contributed by atoms with E-state index in [1.54, 1.807) is 6.07 Å². The maximum Gasteiger partial charge on any atom is 0.244 e. The predicted molar refractivity (Wildman–Crippen MR) is 144 cm³/mol. The van der Waals surface area contributed by atoms with E-state index in [0.717, 1.165) is 21.7 Å². The molecule has 0 saturated carbocycles. The summed E-state index contributed by atoms with van der Waals surface area (Å²) in [4.78, 5) is 28.2. The first-order valence-electron chi connectivity index (χ1n) is 11.8. The van der Waals surface area contributed by atoms with Crippen LogP contribution in [0.15, 0.2) is 42.5 Å². The number of ether oxygens (including phenoxy) is 1. The van der Waals surface area contributed by atoms with Crippen LogP contribution in [0, 0.1) is 12.8 Å². The highest BCUT2D eigenvalue weighted by atomic mass is 35.5. The van der Waals surface area contributed by atoms with Crippen LogP contribution in [0.25, 0.3) is 0 Å². The summed E-state index contributed by atoms with van der Waals surface area (Å²) in [6, 6.07) is 11.4. The van der Waals surface area contributed by atoms with E-state index in [0.29, 0.717) is 18.7 Å². The highest BCUT2D eigenvalue weighted by molar-refractivity contribution is 7.92. The summed E-state index contributed by atoms with van der Waals surface area (Å²) in [6.07, 6.45) is 1.39. The Morgan fingerprint density at radius 3 is 2.36 bits per heavy atom. The second-order valence-electron chi connectivity index (χ2n) is 9.16. The molecule has 0 heterocycles. The Labute approximate surface area is 219 Å². The van der Waals surface area contributed by atoms with Gasteiger partial charge in [0.2, 0.25) is 21.8 Å². The van der Waals surface area contributed by atoms with Crippen molar-refractivity contribution in [2.24, 2.45) is 5.92 Å². The molecule has 0 saturated heterocycles. The van der Waals surface area contributed by atoms with E-state index in [-0.39, 0.29) is 29.1 Å². The van der Waals surface area contributed by atoms with Crippen LogP contribution >= 0.6 is 11.6 Å². The number of amides is 2. The van der Waals surface area contributed by atoms with Crippen molar-refractivity contribution < 1.29 is 22.7 Å². The molecule has 0 spiro atoms. The number of benzene rings is 2. The third kappa shape index (κ3) is 8.13. The quantitative estimate of drug-likeness (QED) is 0.441. The molecule has 2 amide bonds. The fraction of sp³-hybridized carbons (Fsp3) is 0.462. The van der Waals surface area contributed by atoms with Crippen LogP contribution in [0.5, 0.6) is 5.75 Å². The van der Waals surface area contributed by atoms with Crippen LogP contribution in [-0.4, -0.2) is 57.6 Å². The fourth-order valence-electron chi connectivity index (χ4n) is 3.77. The molecule has 198 valence electrons. The van der Waals surface area contributed by atoms with Gasteiger partial charge in [0.15, 0.2) is 0 Å². The smallest absolute Gasteiger partial charge is 0.244 e. The predicted octanol–water partition coefficient (Wildman–Crippen LogP) is 4.00. The van der Waals surface area contributed by atoms with Crippen molar-refractivity contribution in [3.05, 3.63) is 58.6 Å². The van der Waals surface area contributed by atoms with Gasteiger partial charge in [-0.1, -0.05) is 62.2 Å². The summed E-state index contributed by atoms with van der Waals surface area (Å²) in [5.41, 5.74) is 2.09. The molecule has 36 heavy (non-hydrogen) atoms. The Morgan fingerprint density at radius 2 is 1.83 bits per heavy atom. The van der Waals surface area contributed by atoms with Gasteiger partial charge in [-0.2, -0.15) is 0 Å². The Hall–Kier alpha value is -2.78. The minimum atomic E-state index is -3.85. The van der Waals surface area contributed by atoms with Gasteiger partial charge in [-0.3, -0.25) is 13.9 Å². The lowest BCUT2D eigenvalue weighted by atomic mass is 10.1. The van der Waals surface area contributed by atoms with Crippen LogP contribution in [0.2, 0.25) is 5.02 Å². The highest BCUT2D eigenvalue weighted by Crippen LogP contribution is 2.30. The van der Waals surface area contributed by atoms with E-state index in [4.69, 9.17) is 16.3 Å². The summed E-state index contributed by atoms with van der Waals surface area (Å²) in [5.74, 6) is -0.145. The standard InChI is InChI=1S/C26H36ClN3O5S/c1-7-23(26(32)28-15-18(2)3)29(16-20-10-8-9-19(4)13-20)25(31)17-30(36(6,33)34)21-11-12-24(35-5)22(27)14-21/h8-14,18,23H,7,15-17H2,1-6H3,(H,28,32)/t23-/m0/s1. The average Bonchev–Trinajstić information content (AvgIpc) is 2.80. The Balaban J connectivity index is 2.45. The summed E-state index contributed by atoms with van der Waals surface area (Å²) in [7, 11) is -2.40. The van der Waals surface area contributed by atoms with E-state index in [9.17, 15) is 18.0 Å². The van der Waals surface area contributed by atoms with Crippen LogP contribution in [-0.2, 0) is 26.2 Å². The molecule has 1 atom stereocenters. The molecule has 0 unspecified atom stereocenters. The zero-order valence-corrected chi connectivity index (χ0v) is 23.3. The molecule has 0 aromatic heterocycles. The molecule has 10 heteroatoms. The van der Waals surface area contributed by atoms with Gasteiger partial charge in [-0.25, -0.2) is 8.42 Å². The largest absolute Gasteiger partial charge is 0.495 e. The molecule has 2 aromatic carbocycles. The van der Waals surface area contributed by atoms with Crippen LogP contribution in [0.4, 0.5) is 5.69 Å². The zero-order valence-electron chi connectivity index (χ0n) is 21.7. The lowest BCUT2D eigenvalue weighted by Crippen LogP contribution is -2.52. The SMILES string of the molecule is CC[C@@H](C(=O)NCC(C)C)N(Cc1cccc(C)c1)C(=O)CN(c1ccc(OC)c(Cl)c1)S(C)(=O)=O. The number of aryl methyl sites for hydroxylation is 1. The first kappa shape index (κ1) is 29.5. The van der Waals surface area contributed by atoms with E-state index < -0.39 is 28.5 Å². The molecule has 0 aliphatic rings. The number of methoxy groups -OCH3 is 1. The zero-order chi connectivity index (χ0) is 27.0. The number of carbonyl (C=O) groups excluding carboxylic acids is 2. The molecule has 0 bridgehead atoms. The van der Waals surface area contributed by atoms with Gasteiger partial charge in [0, 0.05) is 13.1 Å². The Morgan fingerprint density at radius 1 is 1.14 bits per heavy atom. The third-order valence-electron chi connectivity index (χ3n) is 5.61. The summed E-state index contributed by atoms with van der Waals surface area (Å²) < 4.78 is 31.6. The highest BCUT2D eigenvalue weighted by Gasteiger charge is 2.32. The maximum atomic E-state index is 13.7. The van der Waals surface area contributed by atoms with Crippen molar-refractivity contribution in [3.63, 3.8) is 0 Å². The number of anilines is 1. The van der Waals surface area contributed by atoms with Crippen molar-refractivity contribution in [1.82, 2.24) is 10.2 Å². The van der Waals surface area contributed by atoms with Gasteiger partial charge in [-0.15, -0.1) is 0 Å². The number of hydrogen-bond donors (Lipinski definition) is 1. The minimum Gasteiger partial charge on any atom is -0.495 e. The van der Waals surface area contributed by atoms with Gasteiger partial charge in [0.1, 0.15) is 18.3 Å².